The molecule has 1 aromatic heterocycles. The second-order valence-corrected chi connectivity index (χ2v) is 10.5. The number of carbonyl (C=O) groups is 2. The fourth-order valence-electron chi connectivity index (χ4n) is 4.35. The van der Waals surface area contributed by atoms with Gasteiger partial charge in [-0.15, -0.1) is 5.06 Å². The number of cyclic esters (lactones) is 1. The lowest BCUT2D eigenvalue weighted by Crippen LogP contribution is -2.40. The number of piperidine rings is 1. The van der Waals surface area contributed by atoms with Gasteiger partial charge in [-0.25, -0.2) is 19.6 Å². The number of ether oxygens (including phenoxy) is 2. The number of benzene rings is 1. The molecule has 1 amide bonds. The molecule has 200 valence electrons. The molecule has 0 saturated carbocycles. The maximum atomic E-state index is 11.9. The van der Waals surface area contributed by atoms with Crippen LogP contribution in [0.25, 0.3) is 0 Å². The SMILES string of the molecule is CN(CC1CCN(OC(=O)OC(C)(C)C)CC1)c1cc(Nc2ccc(CC3COC(=O)N3)cc2)ncn1. The van der Waals surface area contributed by atoms with Gasteiger partial charge in [-0.3, -0.25) is 0 Å². The van der Waals surface area contributed by atoms with Crippen molar-refractivity contribution in [2.75, 3.05) is 43.5 Å². The first-order chi connectivity index (χ1) is 17.6. The van der Waals surface area contributed by atoms with Crippen LogP contribution in [0, 0.1) is 5.92 Å². The monoisotopic (exact) mass is 512 g/mol. The average molecular weight is 513 g/mol. The molecule has 1 aromatic carbocycles. The summed E-state index contributed by atoms with van der Waals surface area (Å²) < 4.78 is 10.2. The van der Waals surface area contributed by atoms with E-state index in [9.17, 15) is 9.59 Å². The zero-order chi connectivity index (χ0) is 26.4. The number of nitrogens with zero attached hydrogens (tertiary/aromatic N) is 4. The maximum absolute atomic E-state index is 11.9. The number of alkyl carbamates (subject to hydrolysis) is 1. The van der Waals surface area contributed by atoms with Crippen LogP contribution in [0.4, 0.5) is 26.9 Å². The number of nitrogens with one attached hydrogen (secondary N) is 2. The van der Waals surface area contributed by atoms with E-state index in [-0.39, 0.29) is 12.1 Å². The minimum atomic E-state index is -0.657. The highest BCUT2D eigenvalue weighted by molar-refractivity contribution is 5.69. The lowest BCUT2D eigenvalue weighted by atomic mass is 9.97. The Labute approximate surface area is 217 Å². The van der Waals surface area contributed by atoms with Crippen molar-refractivity contribution in [3.8, 4) is 0 Å². The number of carbonyl (C=O) groups excluding carboxylic acids is 2. The standard InChI is InChI=1S/C26H36N6O5/c1-26(2,3)36-25(34)37-32-11-9-19(10-12-32)15-31(4)23-14-22(27-17-28-23)29-20-7-5-18(6-8-20)13-21-16-35-24(33)30-21/h5-8,14,17,19,21H,9-13,15-16H2,1-4H3,(H,30,33)(H,27,28,29). The number of anilines is 3. The first kappa shape index (κ1) is 26.5. The Morgan fingerprint density at radius 1 is 1.22 bits per heavy atom. The van der Waals surface area contributed by atoms with Crippen molar-refractivity contribution in [2.45, 2.75) is 51.7 Å². The molecule has 0 radical (unpaired) electrons. The van der Waals surface area contributed by atoms with Crippen molar-refractivity contribution >= 4 is 29.6 Å². The quantitative estimate of drug-likeness (QED) is 0.504. The van der Waals surface area contributed by atoms with Gasteiger partial charge in [0, 0.05) is 38.4 Å². The van der Waals surface area contributed by atoms with Crippen LogP contribution in [0.3, 0.4) is 0 Å². The third kappa shape index (κ3) is 8.21. The molecular formula is C26H36N6O5. The van der Waals surface area contributed by atoms with E-state index in [0.717, 1.165) is 42.9 Å². The lowest BCUT2D eigenvalue weighted by Gasteiger charge is -2.33. The molecule has 0 bridgehead atoms. The van der Waals surface area contributed by atoms with Crippen LogP contribution in [-0.2, 0) is 20.7 Å². The van der Waals surface area contributed by atoms with Crippen LogP contribution >= 0.6 is 0 Å². The Bertz CT molecular complexity index is 1070. The van der Waals surface area contributed by atoms with E-state index in [2.05, 4.69) is 25.5 Å². The summed E-state index contributed by atoms with van der Waals surface area (Å²) in [5.74, 6) is 2.00. The van der Waals surface area contributed by atoms with Crippen molar-refractivity contribution in [1.82, 2.24) is 20.3 Å². The van der Waals surface area contributed by atoms with Gasteiger partial charge in [0.2, 0.25) is 0 Å². The van der Waals surface area contributed by atoms with Gasteiger partial charge in [0.05, 0.1) is 6.04 Å². The highest BCUT2D eigenvalue weighted by atomic mass is 16.8. The largest absolute Gasteiger partial charge is 0.528 e. The summed E-state index contributed by atoms with van der Waals surface area (Å²) in [4.78, 5) is 39.4. The summed E-state index contributed by atoms with van der Waals surface area (Å²) in [6.07, 6.45) is 3.09. The molecule has 37 heavy (non-hydrogen) atoms. The van der Waals surface area contributed by atoms with E-state index >= 15 is 0 Å². The topological polar surface area (TPSA) is 118 Å². The lowest BCUT2D eigenvalue weighted by molar-refractivity contribution is -0.154. The van der Waals surface area contributed by atoms with E-state index in [1.807, 2.05) is 58.2 Å². The second kappa shape index (κ2) is 11.6. The summed E-state index contributed by atoms with van der Waals surface area (Å²) in [5.41, 5.74) is 1.46. The van der Waals surface area contributed by atoms with Gasteiger partial charge < -0.3 is 29.8 Å². The van der Waals surface area contributed by atoms with Crippen molar-refractivity contribution < 1.29 is 23.9 Å². The van der Waals surface area contributed by atoms with Crippen LogP contribution < -0.4 is 15.5 Å². The molecule has 2 aliphatic heterocycles. The summed E-state index contributed by atoms with van der Waals surface area (Å²) in [6, 6.07) is 9.98. The summed E-state index contributed by atoms with van der Waals surface area (Å²) in [5, 5.41) is 7.81. The van der Waals surface area contributed by atoms with Gasteiger partial charge in [-0.05, 0) is 63.6 Å². The van der Waals surface area contributed by atoms with Crippen molar-refractivity contribution in [3.63, 3.8) is 0 Å². The molecule has 11 heteroatoms. The fourth-order valence-corrected chi connectivity index (χ4v) is 4.35. The minimum Gasteiger partial charge on any atom is -0.447 e. The van der Waals surface area contributed by atoms with Crippen molar-refractivity contribution in [3.05, 3.63) is 42.2 Å². The number of hydrogen-bond acceptors (Lipinski definition) is 10. The van der Waals surface area contributed by atoms with Gasteiger partial charge in [-0.1, -0.05) is 12.1 Å². The van der Waals surface area contributed by atoms with Crippen molar-refractivity contribution in [1.29, 1.82) is 0 Å². The Hall–Kier alpha value is -3.60. The average Bonchev–Trinajstić information content (AvgIpc) is 3.25. The van der Waals surface area contributed by atoms with E-state index in [0.29, 0.717) is 31.4 Å². The minimum absolute atomic E-state index is 0.0102. The predicted molar refractivity (Wildman–Crippen MR) is 139 cm³/mol. The number of hydroxylamine groups is 2. The third-order valence-corrected chi connectivity index (χ3v) is 6.19. The van der Waals surface area contributed by atoms with Gasteiger partial charge >= 0.3 is 12.2 Å². The summed E-state index contributed by atoms with van der Waals surface area (Å²) in [7, 11) is 2.02. The van der Waals surface area contributed by atoms with Crippen molar-refractivity contribution in [2.24, 2.45) is 5.92 Å². The molecule has 1 unspecified atom stereocenters. The molecule has 0 aliphatic carbocycles. The van der Waals surface area contributed by atoms with Gasteiger partial charge in [-0.2, -0.15) is 0 Å². The van der Waals surface area contributed by atoms with Gasteiger partial charge in [0.15, 0.2) is 0 Å². The molecule has 2 N–H and O–H groups in total. The number of rotatable bonds is 8. The van der Waals surface area contributed by atoms with Crippen LogP contribution in [0.15, 0.2) is 36.7 Å². The van der Waals surface area contributed by atoms with E-state index in [4.69, 9.17) is 14.3 Å². The number of aromatic nitrogens is 2. The first-order valence-electron chi connectivity index (χ1n) is 12.6. The predicted octanol–water partition coefficient (Wildman–Crippen LogP) is 3.89. The van der Waals surface area contributed by atoms with Gasteiger partial charge in [0.1, 0.15) is 30.2 Å². The molecule has 2 fully saturated rings. The highest BCUT2D eigenvalue weighted by Gasteiger charge is 2.26. The zero-order valence-corrected chi connectivity index (χ0v) is 21.9. The Balaban J connectivity index is 1.24. The Kier molecular flexibility index (Phi) is 8.32. The van der Waals surface area contributed by atoms with Crippen LogP contribution in [0.1, 0.15) is 39.2 Å². The molecule has 0 spiro atoms. The molecule has 2 aromatic rings. The Morgan fingerprint density at radius 2 is 1.95 bits per heavy atom. The third-order valence-electron chi connectivity index (χ3n) is 6.19. The smallest absolute Gasteiger partial charge is 0.447 e. The van der Waals surface area contributed by atoms with E-state index in [1.54, 1.807) is 11.4 Å². The zero-order valence-electron chi connectivity index (χ0n) is 21.9. The molecule has 11 nitrogen and oxygen atoms in total. The number of hydrogen-bond donors (Lipinski definition) is 2. The summed E-state index contributed by atoms with van der Waals surface area (Å²) >= 11 is 0. The van der Waals surface area contributed by atoms with Gasteiger partial charge in [0.25, 0.3) is 0 Å². The second-order valence-electron chi connectivity index (χ2n) is 10.5. The highest BCUT2D eigenvalue weighted by Crippen LogP contribution is 2.23. The molecule has 2 aliphatic rings. The maximum Gasteiger partial charge on any atom is 0.528 e. The number of amides is 1. The molecule has 2 saturated heterocycles. The molecule has 4 rings (SSSR count). The Morgan fingerprint density at radius 3 is 2.59 bits per heavy atom. The van der Waals surface area contributed by atoms with E-state index in [1.165, 1.54) is 0 Å². The van der Waals surface area contributed by atoms with Crippen LogP contribution in [0.2, 0.25) is 0 Å². The normalized spacial score (nSPS) is 18.6. The molecular weight excluding hydrogens is 476 g/mol. The summed E-state index contributed by atoms with van der Waals surface area (Å²) in [6.45, 7) is 8.03. The first-order valence-corrected chi connectivity index (χ1v) is 12.6. The van der Waals surface area contributed by atoms with E-state index < -0.39 is 11.8 Å². The molecule has 1 atom stereocenters. The molecule has 3 heterocycles. The van der Waals surface area contributed by atoms with Crippen LogP contribution in [0.5, 0.6) is 0 Å². The fraction of sp³-hybridized carbons (Fsp3) is 0.538. The van der Waals surface area contributed by atoms with Crippen LogP contribution in [-0.4, -0.2) is 72.2 Å².